The van der Waals surface area contributed by atoms with Gasteiger partial charge in [-0.2, -0.15) is 0 Å². The highest BCUT2D eigenvalue weighted by atomic mass is 16.5. The summed E-state index contributed by atoms with van der Waals surface area (Å²) < 4.78 is 6.03. The summed E-state index contributed by atoms with van der Waals surface area (Å²) in [6.07, 6.45) is 7.87. The smallest absolute Gasteiger partial charge is 0.328 e. The van der Waals surface area contributed by atoms with Crippen molar-refractivity contribution in [1.29, 1.82) is 0 Å². The molecule has 1 heterocycles. The van der Waals surface area contributed by atoms with Crippen molar-refractivity contribution < 1.29 is 14.3 Å². The minimum absolute atomic E-state index is 0.375. The quantitative estimate of drug-likeness (QED) is 0.549. The summed E-state index contributed by atoms with van der Waals surface area (Å²) in [6.45, 7) is 1.61. The Morgan fingerprint density at radius 3 is 2.84 bits per heavy atom. The highest BCUT2D eigenvalue weighted by Gasteiger charge is 2.18. The second kappa shape index (κ2) is 9.00. The number of amides is 1. The van der Waals surface area contributed by atoms with E-state index in [4.69, 9.17) is 4.74 Å². The zero-order valence-corrected chi connectivity index (χ0v) is 14.2. The molecular formula is C17H23N3O5. The molecule has 0 unspecified atom stereocenters. The first-order valence-electron chi connectivity index (χ1n) is 8.40. The number of aromatic nitrogens is 2. The molecule has 1 aromatic rings. The summed E-state index contributed by atoms with van der Waals surface area (Å²) in [7, 11) is 0. The van der Waals surface area contributed by atoms with E-state index in [2.05, 4.69) is 11.4 Å². The maximum atomic E-state index is 12.0. The largest absolute Gasteiger partial charge is 0.451 e. The molecule has 0 aromatic carbocycles. The minimum atomic E-state index is -0.953. The lowest BCUT2D eigenvalue weighted by atomic mass is 9.97. The Hall–Kier alpha value is -2.64. The predicted octanol–water partition coefficient (Wildman–Crippen LogP) is 0.475. The van der Waals surface area contributed by atoms with Crippen LogP contribution in [0.5, 0.6) is 0 Å². The Morgan fingerprint density at radius 2 is 2.16 bits per heavy atom. The third-order valence-corrected chi connectivity index (χ3v) is 4.00. The fourth-order valence-corrected chi connectivity index (χ4v) is 2.62. The molecule has 1 aromatic heterocycles. The lowest BCUT2D eigenvalue weighted by Crippen LogP contribution is -2.38. The number of allylic oxidation sites excluding steroid dienone is 1. The monoisotopic (exact) mass is 349 g/mol. The number of esters is 1. The number of rotatable bonds is 7. The highest BCUT2D eigenvalue weighted by molar-refractivity contribution is 5.83. The Kier molecular flexibility index (Phi) is 6.73. The summed E-state index contributed by atoms with van der Waals surface area (Å²) in [5.74, 6) is -1.11. The number of carbonyl (C=O) groups excluding carboxylic acids is 2. The molecule has 2 rings (SSSR count). The summed E-state index contributed by atoms with van der Waals surface area (Å²) >= 11 is 0. The van der Waals surface area contributed by atoms with Crippen LogP contribution in [0.1, 0.15) is 39.0 Å². The summed E-state index contributed by atoms with van der Waals surface area (Å²) in [6, 6.07) is 1.13. The average molecular weight is 349 g/mol. The number of hydrogen-bond donors (Lipinski definition) is 2. The predicted molar refractivity (Wildman–Crippen MR) is 91.1 cm³/mol. The highest BCUT2D eigenvalue weighted by Crippen LogP contribution is 2.19. The molecule has 136 valence electrons. The molecule has 1 aliphatic carbocycles. The molecule has 0 bridgehead atoms. The molecule has 0 saturated heterocycles. The van der Waals surface area contributed by atoms with Gasteiger partial charge in [-0.05, 0) is 39.0 Å². The van der Waals surface area contributed by atoms with Gasteiger partial charge in [0.1, 0.15) is 6.54 Å². The normalized spacial score (nSPS) is 15.2. The van der Waals surface area contributed by atoms with Gasteiger partial charge in [0.05, 0.1) is 0 Å². The minimum Gasteiger partial charge on any atom is -0.451 e. The summed E-state index contributed by atoms with van der Waals surface area (Å²) in [5, 5.41) is 2.74. The molecular weight excluding hydrogens is 326 g/mol. The number of nitrogens with one attached hydrogen (secondary N) is 2. The maximum absolute atomic E-state index is 12.0. The van der Waals surface area contributed by atoms with Gasteiger partial charge >= 0.3 is 11.7 Å². The number of hydrogen-bond acceptors (Lipinski definition) is 5. The van der Waals surface area contributed by atoms with E-state index in [9.17, 15) is 19.2 Å². The van der Waals surface area contributed by atoms with Gasteiger partial charge in [-0.15, -0.1) is 0 Å². The van der Waals surface area contributed by atoms with Crippen LogP contribution in [0.15, 0.2) is 33.5 Å². The lowest BCUT2D eigenvalue weighted by Gasteiger charge is -2.16. The molecule has 1 amide bonds. The second-order valence-electron chi connectivity index (χ2n) is 6.02. The van der Waals surface area contributed by atoms with Gasteiger partial charge in [-0.25, -0.2) is 4.79 Å². The number of H-pyrrole nitrogens is 1. The van der Waals surface area contributed by atoms with Crippen LogP contribution in [-0.4, -0.2) is 34.1 Å². The van der Waals surface area contributed by atoms with Crippen LogP contribution in [0.25, 0.3) is 0 Å². The molecule has 0 radical (unpaired) electrons. The van der Waals surface area contributed by atoms with Gasteiger partial charge in [-0.1, -0.05) is 11.6 Å². The number of ether oxygens (including phenoxy) is 1. The number of carbonyl (C=O) groups is 2. The van der Waals surface area contributed by atoms with Gasteiger partial charge < -0.3 is 10.1 Å². The van der Waals surface area contributed by atoms with E-state index in [-0.39, 0.29) is 12.5 Å². The van der Waals surface area contributed by atoms with Crippen LogP contribution < -0.4 is 16.6 Å². The molecule has 25 heavy (non-hydrogen) atoms. The average Bonchev–Trinajstić information content (AvgIpc) is 2.58. The van der Waals surface area contributed by atoms with E-state index in [1.165, 1.54) is 31.5 Å². The van der Waals surface area contributed by atoms with Crippen LogP contribution in [0, 0.1) is 0 Å². The topological polar surface area (TPSA) is 110 Å². The van der Waals surface area contributed by atoms with Crippen LogP contribution in [0.4, 0.5) is 0 Å². The van der Waals surface area contributed by atoms with E-state index in [0.29, 0.717) is 6.54 Å². The molecule has 2 N–H and O–H groups in total. The van der Waals surface area contributed by atoms with Gasteiger partial charge in [0.2, 0.25) is 0 Å². The van der Waals surface area contributed by atoms with Crippen molar-refractivity contribution in [3.05, 3.63) is 44.8 Å². The van der Waals surface area contributed by atoms with Crippen molar-refractivity contribution >= 4 is 11.9 Å². The molecule has 0 spiro atoms. The fourth-order valence-electron chi connectivity index (χ4n) is 2.62. The molecule has 1 aliphatic rings. The van der Waals surface area contributed by atoms with E-state index in [1.54, 1.807) is 0 Å². The van der Waals surface area contributed by atoms with E-state index in [1.807, 2.05) is 4.98 Å². The summed E-state index contributed by atoms with van der Waals surface area (Å²) in [5.41, 5.74) is 0.103. The van der Waals surface area contributed by atoms with Gasteiger partial charge in [0.25, 0.3) is 11.5 Å². The van der Waals surface area contributed by atoms with E-state index >= 15 is 0 Å². The molecule has 0 aliphatic heterocycles. The van der Waals surface area contributed by atoms with Crippen LogP contribution in [0.3, 0.4) is 0 Å². The van der Waals surface area contributed by atoms with Crippen LogP contribution in [-0.2, 0) is 20.9 Å². The molecule has 0 fully saturated rings. The number of nitrogens with zero attached hydrogens (tertiary/aromatic N) is 1. The molecule has 0 saturated carbocycles. The first-order chi connectivity index (χ1) is 12.0. The first kappa shape index (κ1) is 18.7. The Morgan fingerprint density at radius 1 is 1.36 bits per heavy atom. The van der Waals surface area contributed by atoms with Gasteiger partial charge in [0.15, 0.2) is 6.10 Å². The Balaban J connectivity index is 1.75. The molecule has 8 heteroatoms. The van der Waals surface area contributed by atoms with Crippen molar-refractivity contribution in [1.82, 2.24) is 14.9 Å². The Labute approximate surface area is 144 Å². The SMILES string of the molecule is C[C@H](OC(=O)Cn1ccc(=O)[nH]c1=O)C(=O)NCCC1=CCCCC1. The number of aromatic amines is 1. The standard InChI is InChI=1S/C17H23N3O5/c1-12(16(23)18-9-7-13-5-3-2-4-6-13)25-15(22)11-20-10-8-14(21)19-17(20)24/h5,8,10,12H,2-4,6-7,9,11H2,1H3,(H,18,23)(H,19,21,24)/t12-/m0/s1. The van der Waals surface area contributed by atoms with E-state index in [0.717, 1.165) is 29.9 Å². The fraction of sp³-hybridized carbons (Fsp3) is 0.529. The van der Waals surface area contributed by atoms with Crippen molar-refractivity contribution in [2.45, 2.75) is 51.7 Å². The summed E-state index contributed by atoms with van der Waals surface area (Å²) in [4.78, 5) is 48.3. The van der Waals surface area contributed by atoms with Crippen LogP contribution >= 0.6 is 0 Å². The van der Waals surface area contributed by atoms with Gasteiger partial charge in [-0.3, -0.25) is 23.9 Å². The molecule has 1 atom stereocenters. The third kappa shape index (κ3) is 6.06. The zero-order chi connectivity index (χ0) is 18.2. The van der Waals surface area contributed by atoms with Gasteiger partial charge in [0, 0.05) is 18.8 Å². The van der Waals surface area contributed by atoms with Crippen LogP contribution in [0.2, 0.25) is 0 Å². The second-order valence-corrected chi connectivity index (χ2v) is 6.02. The molecule has 8 nitrogen and oxygen atoms in total. The van der Waals surface area contributed by atoms with Crippen molar-refractivity contribution in [2.75, 3.05) is 6.54 Å². The van der Waals surface area contributed by atoms with Crippen molar-refractivity contribution in [2.24, 2.45) is 0 Å². The lowest BCUT2D eigenvalue weighted by molar-refractivity contribution is -0.155. The van der Waals surface area contributed by atoms with Crippen molar-refractivity contribution in [3.63, 3.8) is 0 Å². The zero-order valence-electron chi connectivity index (χ0n) is 14.2. The van der Waals surface area contributed by atoms with Crippen molar-refractivity contribution in [3.8, 4) is 0 Å². The maximum Gasteiger partial charge on any atom is 0.328 e. The third-order valence-electron chi connectivity index (χ3n) is 4.00. The van der Waals surface area contributed by atoms with E-state index < -0.39 is 23.3 Å². The first-order valence-corrected chi connectivity index (χ1v) is 8.40. The Bertz CT molecular complexity index is 762.